The molecule has 0 heterocycles. The fraction of sp³-hybridized carbons (Fsp3) is 0.955. The van der Waals surface area contributed by atoms with E-state index < -0.39 is 0 Å². The summed E-state index contributed by atoms with van der Waals surface area (Å²) in [6.45, 7) is 4.96. The molecule has 1 heteroatoms. The number of carbonyl (C=O) groups excluding carboxylic acids is 1. The molecule has 0 saturated heterocycles. The molecule has 4 atom stereocenters. The molecule has 4 unspecified atom stereocenters. The van der Waals surface area contributed by atoms with Gasteiger partial charge in [0.1, 0.15) is 6.29 Å². The molecular weight excluding hydrogens is 280 g/mol. The second-order valence-corrected chi connectivity index (χ2v) is 8.74. The van der Waals surface area contributed by atoms with Crippen LogP contribution in [-0.2, 0) is 4.79 Å². The number of hydrogen-bond donors (Lipinski definition) is 0. The van der Waals surface area contributed by atoms with Crippen LogP contribution in [0.2, 0.25) is 0 Å². The fourth-order valence-corrected chi connectivity index (χ4v) is 5.41. The van der Waals surface area contributed by atoms with Gasteiger partial charge in [-0.15, -0.1) is 0 Å². The Bertz CT molecular complexity index is 314. The first kappa shape index (κ1) is 19.0. The van der Waals surface area contributed by atoms with Crippen LogP contribution in [0.25, 0.3) is 0 Å². The van der Waals surface area contributed by atoms with Gasteiger partial charge in [0.2, 0.25) is 0 Å². The maximum atomic E-state index is 11.1. The predicted octanol–water partition coefficient (Wildman–Crippen LogP) is 6.79. The van der Waals surface area contributed by atoms with Crippen molar-refractivity contribution >= 4 is 6.29 Å². The molecule has 0 aromatic heterocycles. The minimum atomic E-state index is 0.387. The van der Waals surface area contributed by atoms with E-state index in [9.17, 15) is 4.79 Å². The lowest BCUT2D eigenvalue weighted by molar-refractivity contribution is -0.113. The third-order valence-electron chi connectivity index (χ3n) is 7.04. The molecule has 0 bridgehead atoms. The van der Waals surface area contributed by atoms with Crippen LogP contribution in [-0.4, -0.2) is 6.29 Å². The molecular formula is C22H40O. The molecule has 0 spiro atoms. The molecule has 0 amide bonds. The van der Waals surface area contributed by atoms with Gasteiger partial charge in [-0.3, -0.25) is 0 Å². The van der Waals surface area contributed by atoms with Gasteiger partial charge in [-0.25, -0.2) is 0 Å². The predicted molar refractivity (Wildman–Crippen MR) is 99.5 cm³/mol. The highest BCUT2D eigenvalue weighted by molar-refractivity contribution is 5.54. The smallest absolute Gasteiger partial charge is 0.123 e. The lowest BCUT2D eigenvalue weighted by Gasteiger charge is -2.34. The van der Waals surface area contributed by atoms with Crippen LogP contribution in [0.5, 0.6) is 0 Å². The number of carbonyl (C=O) groups is 1. The Morgan fingerprint density at radius 3 is 2.04 bits per heavy atom. The highest BCUT2D eigenvalue weighted by Gasteiger charge is 2.27. The quantitative estimate of drug-likeness (QED) is 0.337. The highest BCUT2D eigenvalue weighted by Crippen LogP contribution is 2.37. The summed E-state index contributed by atoms with van der Waals surface area (Å²) in [5.74, 6) is 4.03. The highest BCUT2D eigenvalue weighted by atomic mass is 16.1. The molecule has 0 aromatic rings. The Morgan fingerprint density at radius 1 is 0.739 bits per heavy atom. The number of hydrogen-bond acceptors (Lipinski definition) is 1. The number of rotatable bonds is 9. The zero-order valence-corrected chi connectivity index (χ0v) is 15.8. The summed E-state index contributed by atoms with van der Waals surface area (Å²) in [7, 11) is 0. The summed E-state index contributed by atoms with van der Waals surface area (Å²) >= 11 is 0. The van der Waals surface area contributed by atoms with Gasteiger partial charge in [0.25, 0.3) is 0 Å². The number of unbranched alkanes of at least 4 members (excludes halogenated alkanes) is 4. The third-order valence-corrected chi connectivity index (χ3v) is 7.04. The molecule has 2 rings (SSSR count). The second-order valence-electron chi connectivity index (χ2n) is 8.74. The van der Waals surface area contributed by atoms with E-state index in [1.165, 1.54) is 89.8 Å². The normalized spacial score (nSPS) is 35.1. The van der Waals surface area contributed by atoms with Crippen LogP contribution in [0.15, 0.2) is 0 Å². The fourth-order valence-electron chi connectivity index (χ4n) is 5.41. The summed E-state index contributed by atoms with van der Waals surface area (Å²) in [4.78, 5) is 11.1. The van der Waals surface area contributed by atoms with Crippen molar-refractivity contribution in [3.63, 3.8) is 0 Å². The van der Waals surface area contributed by atoms with Crippen molar-refractivity contribution < 1.29 is 4.79 Å². The van der Waals surface area contributed by atoms with Gasteiger partial charge in [0.05, 0.1) is 0 Å². The van der Waals surface area contributed by atoms with Crippen LogP contribution in [0.3, 0.4) is 0 Å². The number of aldehydes is 1. The Labute approximate surface area is 145 Å². The van der Waals surface area contributed by atoms with E-state index in [2.05, 4.69) is 13.8 Å². The Kier molecular flexibility index (Phi) is 8.69. The molecule has 2 aliphatic carbocycles. The van der Waals surface area contributed by atoms with Crippen LogP contribution < -0.4 is 0 Å². The van der Waals surface area contributed by atoms with Crippen molar-refractivity contribution in [3.8, 4) is 0 Å². The van der Waals surface area contributed by atoms with E-state index >= 15 is 0 Å². The van der Waals surface area contributed by atoms with E-state index in [4.69, 9.17) is 0 Å². The van der Waals surface area contributed by atoms with Gasteiger partial charge in [-0.2, -0.15) is 0 Å². The van der Waals surface area contributed by atoms with Crippen molar-refractivity contribution in [2.24, 2.45) is 29.6 Å². The van der Waals surface area contributed by atoms with Crippen LogP contribution in [0, 0.1) is 29.6 Å². The molecule has 2 saturated carbocycles. The lowest BCUT2D eigenvalue weighted by atomic mass is 9.71. The van der Waals surface area contributed by atoms with E-state index in [1.807, 2.05) is 0 Å². The van der Waals surface area contributed by atoms with Gasteiger partial charge in [0, 0.05) is 5.92 Å². The van der Waals surface area contributed by atoms with Gasteiger partial charge >= 0.3 is 0 Å². The first-order chi connectivity index (χ1) is 11.2. The molecule has 134 valence electrons. The second kappa shape index (κ2) is 10.5. The molecule has 2 aliphatic rings. The van der Waals surface area contributed by atoms with Crippen molar-refractivity contribution in [3.05, 3.63) is 0 Å². The van der Waals surface area contributed by atoms with Gasteiger partial charge in [-0.05, 0) is 49.4 Å². The van der Waals surface area contributed by atoms with Crippen LogP contribution in [0.1, 0.15) is 104 Å². The van der Waals surface area contributed by atoms with Crippen LogP contribution >= 0.6 is 0 Å². The molecule has 0 aromatic carbocycles. The van der Waals surface area contributed by atoms with E-state index in [1.54, 1.807) is 0 Å². The SMILES string of the molecule is CC1CCCC(C)C1CCCCCCCC1CCCCC1C=O. The monoisotopic (exact) mass is 320 g/mol. The molecule has 0 N–H and O–H groups in total. The van der Waals surface area contributed by atoms with E-state index in [0.29, 0.717) is 11.8 Å². The summed E-state index contributed by atoms with van der Waals surface area (Å²) in [6, 6.07) is 0. The van der Waals surface area contributed by atoms with E-state index in [0.717, 1.165) is 24.2 Å². The average Bonchev–Trinajstić information content (AvgIpc) is 2.56. The first-order valence-electron chi connectivity index (χ1n) is 10.7. The van der Waals surface area contributed by atoms with Crippen molar-refractivity contribution in [1.29, 1.82) is 0 Å². The average molecular weight is 321 g/mol. The van der Waals surface area contributed by atoms with Gasteiger partial charge < -0.3 is 4.79 Å². The Morgan fingerprint density at radius 2 is 1.35 bits per heavy atom. The van der Waals surface area contributed by atoms with E-state index in [-0.39, 0.29) is 0 Å². The first-order valence-corrected chi connectivity index (χ1v) is 10.7. The van der Waals surface area contributed by atoms with Crippen LogP contribution in [0.4, 0.5) is 0 Å². The minimum Gasteiger partial charge on any atom is -0.303 e. The van der Waals surface area contributed by atoms with Crippen molar-refractivity contribution in [1.82, 2.24) is 0 Å². The maximum Gasteiger partial charge on any atom is 0.123 e. The van der Waals surface area contributed by atoms with Gasteiger partial charge in [-0.1, -0.05) is 78.1 Å². The standard InChI is InChI=1S/C22H40O/c1-18-11-10-12-19(2)22(18)16-7-5-3-4-6-13-20-14-8-9-15-21(20)17-23/h17-22H,3-16H2,1-2H3. The Balaban J connectivity index is 1.50. The Hall–Kier alpha value is -0.330. The largest absolute Gasteiger partial charge is 0.303 e. The topological polar surface area (TPSA) is 17.1 Å². The summed E-state index contributed by atoms with van der Waals surface area (Å²) in [5, 5.41) is 0. The zero-order chi connectivity index (χ0) is 16.5. The summed E-state index contributed by atoms with van der Waals surface area (Å²) < 4.78 is 0. The summed E-state index contributed by atoms with van der Waals surface area (Å²) in [6.07, 6.45) is 20.5. The molecule has 23 heavy (non-hydrogen) atoms. The summed E-state index contributed by atoms with van der Waals surface area (Å²) in [5.41, 5.74) is 0. The maximum absolute atomic E-state index is 11.1. The molecule has 2 fully saturated rings. The minimum absolute atomic E-state index is 0.387. The third kappa shape index (κ3) is 6.24. The molecule has 1 nitrogen and oxygen atoms in total. The molecule has 0 aliphatic heterocycles. The van der Waals surface area contributed by atoms with Crippen molar-refractivity contribution in [2.45, 2.75) is 104 Å². The van der Waals surface area contributed by atoms with Crippen molar-refractivity contribution in [2.75, 3.05) is 0 Å². The van der Waals surface area contributed by atoms with Gasteiger partial charge in [0.15, 0.2) is 0 Å². The lowest BCUT2D eigenvalue weighted by Crippen LogP contribution is -2.24. The zero-order valence-electron chi connectivity index (χ0n) is 15.8. The molecule has 0 radical (unpaired) electrons.